The van der Waals surface area contributed by atoms with Gasteiger partial charge in [-0.2, -0.15) is 0 Å². The van der Waals surface area contributed by atoms with Crippen molar-refractivity contribution in [2.45, 2.75) is 168 Å². The first-order valence-corrected chi connectivity index (χ1v) is 36.2. The lowest BCUT2D eigenvalue weighted by molar-refractivity contribution is -0.661. The fourth-order valence-corrected chi connectivity index (χ4v) is 14.8. The summed E-state index contributed by atoms with van der Waals surface area (Å²) < 4.78 is 116. The van der Waals surface area contributed by atoms with Crippen molar-refractivity contribution < 1.29 is 49.6 Å². The van der Waals surface area contributed by atoms with Gasteiger partial charge in [-0.25, -0.2) is 38.2 Å². The third kappa shape index (κ3) is 13.6. The molecule has 16 aromatic rings. The second-order valence-corrected chi connectivity index (χ2v) is 27.9. The van der Waals surface area contributed by atoms with Gasteiger partial charge in [-0.05, 0) is 199 Å². The Labute approximate surface area is 632 Å². The van der Waals surface area contributed by atoms with Gasteiger partial charge in [0.15, 0.2) is 47.1 Å². The third-order valence-electron chi connectivity index (χ3n) is 20.5. The molecule has 12 aromatic heterocycles. The Bertz CT molecular complexity index is 6360. The van der Waals surface area contributed by atoms with Crippen LogP contribution in [0.25, 0.3) is 133 Å². The first-order valence-electron chi connectivity index (χ1n) is 41.2. The molecule has 12 nitrogen and oxygen atoms in total. The molecule has 12 heterocycles. The van der Waals surface area contributed by atoms with E-state index in [0.29, 0.717) is 50.6 Å². The number of aryl methyl sites for hydroxylation is 19. The molecule has 16 rings (SSSR count). The molecule has 0 aliphatic heterocycles. The molecule has 0 spiro atoms. The monoisotopic (exact) mass is 1400 g/mol. The van der Waals surface area contributed by atoms with Crippen LogP contribution in [0.15, 0.2) is 164 Å². The molecule has 0 aliphatic rings. The van der Waals surface area contributed by atoms with Gasteiger partial charge in [0.25, 0.3) is 0 Å². The van der Waals surface area contributed by atoms with Gasteiger partial charge in [0.2, 0.25) is 45.6 Å². The van der Waals surface area contributed by atoms with Crippen molar-refractivity contribution in [2.75, 3.05) is 0 Å². The standard InChI is InChI=1S/C24H27N2O.3C23H25N2O/c1-7-17-12-21(26(6)13-20(17)14(2)3)22-15(4)8-10-18-19-11-9-16(5)25-24(19)27-23(18)22;3*1-6-16-12-20(25(5)13-17(16)7-2)21-14(3)8-10-18-19-11-9-15(4)24-23(19)26-22(18)21/h8-14H,7H2,1-6H3;3*8-13H,6-7H2,1-5H3/q4*+1/i7D2;2*6D2,7D2;. The van der Waals surface area contributed by atoms with Crippen LogP contribution in [0.5, 0.6) is 0 Å². The van der Waals surface area contributed by atoms with E-state index in [2.05, 4.69) is 133 Å². The van der Waals surface area contributed by atoms with E-state index in [-0.39, 0.29) is 5.92 Å². The molecule has 0 fully saturated rings. The van der Waals surface area contributed by atoms with Crippen LogP contribution in [0.4, 0.5) is 0 Å². The van der Waals surface area contributed by atoms with E-state index in [1.54, 1.807) is 31.5 Å². The van der Waals surface area contributed by atoms with Crippen molar-refractivity contribution in [3.63, 3.8) is 0 Å². The highest BCUT2D eigenvalue weighted by molar-refractivity contribution is 6.12. The second-order valence-electron chi connectivity index (χ2n) is 27.9. The average molecular weight is 1410 g/mol. The fourth-order valence-electron chi connectivity index (χ4n) is 14.8. The van der Waals surface area contributed by atoms with Gasteiger partial charge in [0.05, 0.1) is 22.3 Å². The van der Waals surface area contributed by atoms with Gasteiger partial charge in [-0.1, -0.05) is 111 Å². The minimum Gasteiger partial charge on any atom is -0.437 e. The van der Waals surface area contributed by atoms with E-state index < -0.39 is 31.9 Å². The molecule has 0 amide bonds. The number of hydrogen-bond donors (Lipinski definition) is 0. The van der Waals surface area contributed by atoms with E-state index in [4.69, 9.17) is 31.4 Å². The second kappa shape index (κ2) is 29.8. The highest BCUT2D eigenvalue weighted by atomic mass is 16.4. The predicted molar refractivity (Wildman–Crippen MR) is 430 cm³/mol. The quantitative estimate of drug-likeness (QED) is 0.111. The Hall–Kier alpha value is -10.7. The Balaban J connectivity index is 0.000000134. The lowest BCUT2D eigenvalue weighted by atomic mass is 9.94. The first kappa shape index (κ1) is 60.7. The van der Waals surface area contributed by atoms with E-state index >= 15 is 0 Å². The van der Waals surface area contributed by atoms with Gasteiger partial charge in [-0.3, -0.25) is 0 Å². The maximum absolute atomic E-state index is 8.39. The molecular weight excluding hydrogens is 1290 g/mol. The van der Waals surface area contributed by atoms with E-state index in [1.807, 2.05) is 139 Å². The number of hydrogen-bond acceptors (Lipinski definition) is 8. The normalized spacial score (nSPS) is 13.7. The van der Waals surface area contributed by atoms with E-state index in [0.717, 1.165) is 163 Å². The van der Waals surface area contributed by atoms with E-state index in [9.17, 15) is 0 Å². The first-order chi connectivity index (χ1) is 53.9. The number of benzene rings is 4. The molecule has 4 aromatic carbocycles. The zero-order valence-electron chi connectivity index (χ0n) is 74.6. The zero-order chi connectivity index (χ0) is 83.5. The largest absolute Gasteiger partial charge is 0.437 e. The van der Waals surface area contributed by atoms with Gasteiger partial charge in [-0.15, -0.1) is 0 Å². The maximum Gasteiger partial charge on any atom is 0.227 e. The molecule has 12 heteroatoms. The minimum absolute atomic E-state index is 0.232. The molecule has 0 saturated heterocycles. The van der Waals surface area contributed by atoms with Crippen LogP contribution in [0.3, 0.4) is 0 Å². The SMILES string of the molecule is CCc1cc(-c2c(C)ccc3c2oc2nc(C)ccc23)[n+](C)cc1CC.[2H]C([2H])(C)c1cc(-c2c(C)ccc3c2oc2nc(C)ccc23)[n+](C)cc1C(C)C.[2H]C([2H])(C)c1cc(-c2c(C)ccc3c2oc2nc(C)ccc23)[n+](C)cc1C([2H])([2H])C.[2H]C([2H])(C)c1cc(-c2c(C)ccc3c2oc2nc(C)ccc23)[n+](C)cc1C([2H])([2H])C. The number of fused-ring (bicyclic) bond motifs is 12. The van der Waals surface area contributed by atoms with Crippen molar-refractivity contribution in [3.05, 3.63) is 236 Å². The van der Waals surface area contributed by atoms with Gasteiger partial charge in [0.1, 0.15) is 28.2 Å². The van der Waals surface area contributed by atoms with Crippen LogP contribution in [-0.4, -0.2) is 19.9 Å². The summed E-state index contributed by atoms with van der Waals surface area (Å²) in [6.45, 7) is 32.1. The molecule has 0 saturated carbocycles. The van der Waals surface area contributed by atoms with Crippen LogP contribution < -0.4 is 18.3 Å². The molecule has 0 atom stereocenters. The molecule has 534 valence electrons. The molecule has 0 N–H and O–H groups in total. The molecule has 0 unspecified atom stereocenters. The molecule has 0 aliphatic carbocycles. The van der Waals surface area contributed by atoms with Crippen molar-refractivity contribution in [1.29, 1.82) is 0 Å². The predicted octanol–water partition coefficient (Wildman–Crippen LogP) is 21.4. The molecule has 0 radical (unpaired) electrons. The Kier molecular flexibility index (Phi) is 17.2. The highest BCUT2D eigenvalue weighted by Crippen LogP contribution is 2.42. The summed E-state index contributed by atoms with van der Waals surface area (Å²) in [5.74, 6) is 0.232. The summed E-state index contributed by atoms with van der Waals surface area (Å²) in [7, 11) is 7.84. The number of pyridine rings is 8. The Morgan fingerprint density at radius 3 is 0.819 bits per heavy atom. The van der Waals surface area contributed by atoms with Crippen LogP contribution >= 0.6 is 0 Å². The van der Waals surface area contributed by atoms with Crippen LogP contribution in [-0.2, 0) is 72.9 Å². The van der Waals surface area contributed by atoms with Gasteiger partial charge >= 0.3 is 0 Å². The zero-order valence-corrected chi connectivity index (χ0v) is 64.6. The lowest BCUT2D eigenvalue weighted by Gasteiger charge is -2.13. The van der Waals surface area contributed by atoms with E-state index in [1.165, 1.54) is 50.1 Å². The number of furan rings is 4. The van der Waals surface area contributed by atoms with Crippen molar-refractivity contribution in [1.82, 2.24) is 19.9 Å². The average Bonchev–Trinajstić information content (AvgIpc) is 1.75. The summed E-state index contributed by atoms with van der Waals surface area (Å²) in [4.78, 5) is 18.2. The minimum atomic E-state index is -1.70. The highest BCUT2D eigenvalue weighted by Gasteiger charge is 2.28. The van der Waals surface area contributed by atoms with Crippen LogP contribution in [0.2, 0.25) is 0 Å². The number of aromatic nitrogens is 8. The van der Waals surface area contributed by atoms with Crippen LogP contribution in [0, 0.1) is 55.4 Å². The Morgan fingerprint density at radius 1 is 0.305 bits per heavy atom. The van der Waals surface area contributed by atoms with Crippen molar-refractivity contribution in [3.8, 4) is 45.0 Å². The summed E-state index contributed by atoms with van der Waals surface area (Å²) in [6.07, 6.45) is 1.61. The summed E-state index contributed by atoms with van der Waals surface area (Å²) in [5.41, 5.74) is 27.0. The Morgan fingerprint density at radius 2 is 0.552 bits per heavy atom. The van der Waals surface area contributed by atoms with Crippen LogP contribution in [0.1, 0.15) is 171 Å². The smallest absolute Gasteiger partial charge is 0.227 e. The van der Waals surface area contributed by atoms with Gasteiger partial charge in [0, 0.05) is 126 Å². The topological polar surface area (TPSA) is 120 Å². The number of nitrogens with zero attached hydrogens (tertiary/aromatic N) is 8. The van der Waals surface area contributed by atoms with Crippen molar-refractivity contribution in [2.24, 2.45) is 28.2 Å². The maximum atomic E-state index is 8.39. The molecular formula is C93H102N8O4+4. The summed E-state index contributed by atoms with van der Waals surface area (Å²) in [6, 6.07) is 40.6. The van der Waals surface area contributed by atoms with Gasteiger partial charge < -0.3 is 17.7 Å². The third-order valence-corrected chi connectivity index (χ3v) is 20.5. The fraction of sp³-hybridized carbons (Fsp3) is 0.312. The number of rotatable bonds is 12. The summed E-state index contributed by atoms with van der Waals surface area (Å²) in [5, 5.41) is 8.02. The summed E-state index contributed by atoms with van der Waals surface area (Å²) >= 11 is 0. The van der Waals surface area contributed by atoms with Crippen molar-refractivity contribution >= 4 is 88.3 Å². The molecule has 105 heavy (non-hydrogen) atoms. The lowest BCUT2D eigenvalue weighted by Crippen LogP contribution is -2.32. The molecule has 0 bridgehead atoms.